The number of rotatable bonds is 8. The number of hydrogen-bond donors (Lipinski definition) is 3. The van der Waals surface area contributed by atoms with Crippen LogP contribution in [-0.2, 0) is 14.8 Å². The Morgan fingerprint density at radius 1 is 1.26 bits per heavy atom. The first-order valence-corrected chi connectivity index (χ1v) is 12.1. The number of amides is 1. The van der Waals surface area contributed by atoms with Gasteiger partial charge in [-0.05, 0) is 44.5 Å². The first-order valence-electron chi connectivity index (χ1n) is 10.7. The summed E-state index contributed by atoms with van der Waals surface area (Å²) < 4.78 is 46.2. The van der Waals surface area contributed by atoms with Crippen LogP contribution in [0, 0.1) is 5.82 Å². The Hall–Kier alpha value is -1.95. The molecule has 2 aliphatic rings. The minimum absolute atomic E-state index is 0.0899. The summed E-state index contributed by atoms with van der Waals surface area (Å²) in [5.41, 5.74) is 2.20. The van der Waals surface area contributed by atoms with Crippen LogP contribution in [0.15, 0.2) is 18.2 Å². The number of nitrogens with zero attached hydrogens (tertiary/aromatic N) is 2. The zero-order valence-electron chi connectivity index (χ0n) is 17.8. The van der Waals surface area contributed by atoms with Crippen molar-refractivity contribution in [2.24, 2.45) is 0 Å². The number of sulfonamides is 1. The number of hydrogen-bond acceptors (Lipinski definition) is 7. The number of piperazine rings is 1. The summed E-state index contributed by atoms with van der Waals surface area (Å²) >= 11 is 0. The van der Waals surface area contributed by atoms with Gasteiger partial charge in [-0.2, -0.15) is 4.31 Å². The molecule has 2 aliphatic heterocycles. The molecule has 9 nitrogen and oxygen atoms in total. The molecule has 2 heterocycles. The predicted octanol–water partition coefficient (Wildman–Crippen LogP) is 1.08. The second-order valence-corrected chi connectivity index (χ2v) is 10.1. The lowest BCUT2D eigenvalue weighted by molar-refractivity contribution is -0.132. The number of unbranched alkanes of at least 4 members (excludes halogenated alkanes) is 1. The topological polar surface area (TPSA) is 111 Å². The fraction of sp³-hybridized carbons (Fsp3) is 0.650. The molecule has 3 rings (SSSR count). The van der Waals surface area contributed by atoms with E-state index in [1.807, 2.05) is 11.8 Å². The van der Waals surface area contributed by atoms with Gasteiger partial charge in [0, 0.05) is 37.9 Å². The lowest BCUT2D eigenvalue weighted by atomic mass is 9.96. The zero-order chi connectivity index (χ0) is 22.5. The summed E-state index contributed by atoms with van der Waals surface area (Å²) in [6.07, 6.45) is 1.99. The van der Waals surface area contributed by atoms with E-state index in [9.17, 15) is 17.6 Å². The van der Waals surface area contributed by atoms with Crippen LogP contribution in [0.25, 0.3) is 0 Å². The molecule has 0 saturated carbocycles. The number of halogens is 1. The van der Waals surface area contributed by atoms with Crippen molar-refractivity contribution in [1.29, 1.82) is 0 Å². The van der Waals surface area contributed by atoms with Gasteiger partial charge in [0.25, 0.3) is 5.91 Å². The van der Waals surface area contributed by atoms with Crippen LogP contribution < -0.4 is 20.4 Å². The average Bonchev–Trinajstić information content (AvgIpc) is 2.80. The third-order valence-corrected chi connectivity index (χ3v) is 8.66. The second kappa shape index (κ2) is 10.1. The van der Waals surface area contributed by atoms with E-state index < -0.39 is 26.5 Å². The van der Waals surface area contributed by atoms with E-state index >= 15 is 0 Å². The van der Waals surface area contributed by atoms with Crippen molar-refractivity contribution in [2.45, 2.75) is 37.4 Å². The van der Waals surface area contributed by atoms with Crippen molar-refractivity contribution >= 4 is 21.6 Å². The minimum Gasteiger partial charge on any atom is -0.491 e. The van der Waals surface area contributed by atoms with Crippen molar-refractivity contribution < 1.29 is 27.5 Å². The molecule has 3 N–H and O–H groups in total. The van der Waals surface area contributed by atoms with Crippen LogP contribution in [0.5, 0.6) is 5.75 Å². The molecular formula is C20H31FN4O5S. The highest BCUT2D eigenvalue weighted by molar-refractivity contribution is 7.91. The van der Waals surface area contributed by atoms with Crippen LogP contribution in [0.1, 0.15) is 32.6 Å². The van der Waals surface area contributed by atoms with Gasteiger partial charge in [0.05, 0.1) is 6.61 Å². The SMILES string of the molecule is CCCCOc1ccc(N2CCN(S(=O)(=O)C3(C(=O)NO)CCNCC3)CC2)cc1F. The molecule has 31 heavy (non-hydrogen) atoms. The van der Waals surface area contributed by atoms with Gasteiger partial charge in [-0.25, -0.2) is 18.3 Å². The molecule has 1 amide bonds. The van der Waals surface area contributed by atoms with Crippen molar-refractivity contribution in [3.05, 3.63) is 24.0 Å². The molecular weight excluding hydrogens is 427 g/mol. The summed E-state index contributed by atoms with van der Waals surface area (Å²) in [7, 11) is -3.99. The third kappa shape index (κ3) is 4.79. The maximum atomic E-state index is 14.4. The van der Waals surface area contributed by atoms with E-state index in [0.717, 1.165) is 12.8 Å². The van der Waals surface area contributed by atoms with E-state index in [1.165, 1.54) is 10.4 Å². The maximum Gasteiger partial charge on any atom is 0.266 e. The highest BCUT2D eigenvalue weighted by Gasteiger charge is 2.54. The van der Waals surface area contributed by atoms with Crippen molar-refractivity contribution in [1.82, 2.24) is 15.1 Å². The molecule has 0 unspecified atom stereocenters. The minimum atomic E-state index is -3.99. The van der Waals surface area contributed by atoms with Crippen molar-refractivity contribution in [3.63, 3.8) is 0 Å². The Bertz CT molecular complexity index is 868. The molecule has 0 radical (unpaired) electrons. The quantitative estimate of drug-likeness (QED) is 0.304. The van der Waals surface area contributed by atoms with E-state index in [0.29, 0.717) is 38.5 Å². The van der Waals surface area contributed by atoms with Gasteiger partial charge in [0.1, 0.15) is 0 Å². The number of nitrogens with one attached hydrogen (secondary N) is 2. The number of anilines is 1. The van der Waals surface area contributed by atoms with Crippen LogP contribution in [-0.4, -0.2) is 74.5 Å². The fourth-order valence-corrected chi connectivity index (χ4v) is 6.24. The van der Waals surface area contributed by atoms with E-state index in [2.05, 4.69) is 5.32 Å². The first-order chi connectivity index (χ1) is 14.9. The fourth-order valence-electron chi connectivity index (χ4n) is 4.10. The Balaban J connectivity index is 1.68. The average molecular weight is 459 g/mol. The maximum absolute atomic E-state index is 14.4. The number of piperidine rings is 1. The molecule has 1 aromatic rings. The molecule has 0 bridgehead atoms. The van der Waals surface area contributed by atoms with E-state index in [4.69, 9.17) is 9.94 Å². The predicted molar refractivity (Wildman–Crippen MR) is 114 cm³/mol. The van der Waals surface area contributed by atoms with Crippen molar-refractivity contribution in [3.8, 4) is 5.75 Å². The second-order valence-electron chi connectivity index (χ2n) is 7.89. The smallest absolute Gasteiger partial charge is 0.266 e. The van der Waals surface area contributed by atoms with E-state index in [-0.39, 0.29) is 31.7 Å². The van der Waals surface area contributed by atoms with Gasteiger partial charge in [-0.3, -0.25) is 10.0 Å². The standard InChI is InChI=1S/C20H31FN4O5S/c1-2-3-14-30-18-5-4-16(15-17(18)21)24-10-12-25(13-11-24)31(28,29)20(19(26)23-27)6-8-22-9-7-20/h4-5,15,22,27H,2-3,6-14H2,1H3,(H,23,26). The van der Waals surface area contributed by atoms with Gasteiger partial charge in [0.2, 0.25) is 10.0 Å². The van der Waals surface area contributed by atoms with Crippen LogP contribution in [0.2, 0.25) is 0 Å². The Morgan fingerprint density at radius 2 is 1.94 bits per heavy atom. The largest absolute Gasteiger partial charge is 0.491 e. The van der Waals surface area contributed by atoms with Crippen LogP contribution >= 0.6 is 0 Å². The summed E-state index contributed by atoms with van der Waals surface area (Å²) in [6.45, 7) is 4.32. The molecule has 2 saturated heterocycles. The molecule has 2 fully saturated rings. The van der Waals surface area contributed by atoms with E-state index in [1.54, 1.807) is 17.6 Å². The van der Waals surface area contributed by atoms with Crippen LogP contribution in [0.3, 0.4) is 0 Å². The van der Waals surface area contributed by atoms with Gasteiger partial charge in [-0.15, -0.1) is 0 Å². The number of ether oxygens (including phenoxy) is 1. The molecule has 0 atom stereocenters. The number of benzene rings is 1. The van der Waals surface area contributed by atoms with Crippen molar-refractivity contribution in [2.75, 3.05) is 50.8 Å². The normalized spacial score (nSPS) is 19.8. The zero-order valence-corrected chi connectivity index (χ0v) is 18.6. The van der Waals surface area contributed by atoms with Crippen LogP contribution in [0.4, 0.5) is 10.1 Å². The summed E-state index contributed by atoms with van der Waals surface area (Å²) in [4.78, 5) is 14.3. The number of carbonyl (C=O) groups excluding carboxylic acids is 1. The molecule has 0 aromatic heterocycles. The summed E-state index contributed by atoms with van der Waals surface area (Å²) in [5.74, 6) is -1.13. The molecule has 11 heteroatoms. The number of carbonyl (C=O) groups is 1. The summed E-state index contributed by atoms with van der Waals surface area (Å²) in [6, 6.07) is 4.76. The number of hydroxylamine groups is 1. The molecule has 0 aliphatic carbocycles. The third-order valence-electron chi connectivity index (χ3n) is 6.03. The monoisotopic (exact) mass is 458 g/mol. The summed E-state index contributed by atoms with van der Waals surface area (Å²) in [5, 5.41) is 12.2. The molecule has 1 aromatic carbocycles. The highest BCUT2D eigenvalue weighted by Crippen LogP contribution is 2.33. The lowest BCUT2D eigenvalue weighted by Gasteiger charge is -2.42. The highest BCUT2D eigenvalue weighted by atomic mass is 32.2. The van der Waals surface area contributed by atoms with Gasteiger partial charge in [-0.1, -0.05) is 13.3 Å². The first kappa shape index (κ1) is 23.7. The van der Waals surface area contributed by atoms with Gasteiger partial charge in [0.15, 0.2) is 16.3 Å². The molecule has 174 valence electrons. The molecule has 0 spiro atoms. The Morgan fingerprint density at radius 3 is 2.52 bits per heavy atom. The lowest BCUT2D eigenvalue weighted by Crippen LogP contribution is -2.63. The van der Waals surface area contributed by atoms with Gasteiger partial charge >= 0.3 is 0 Å². The van der Waals surface area contributed by atoms with Gasteiger partial charge < -0.3 is 15.0 Å². The Kier molecular flexibility index (Phi) is 7.73. The Labute approximate surface area is 182 Å².